The molecule has 0 aliphatic heterocycles. The van der Waals surface area contributed by atoms with Crippen molar-refractivity contribution in [3.05, 3.63) is 71.8 Å². The number of nitrogens with zero attached hydrogens (tertiary/aromatic N) is 1. The van der Waals surface area contributed by atoms with Gasteiger partial charge in [0, 0.05) is 5.71 Å². The van der Waals surface area contributed by atoms with Crippen LogP contribution in [0.1, 0.15) is 43.7 Å². The third-order valence-corrected chi connectivity index (χ3v) is 4.77. The summed E-state index contributed by atoms with van der Waals surface area (Å²) < 4.78 is 0. The van der Waals surface area contributed by atoms with Crippen LogP contribution in [0.3, 0.4) is 0 Å². The highest BCUT2D eigenvalue weighted by atomic mass is 16.3. The third kappa shape index (κ3) is 3.80. The Morgan fingerprint density at radius 2 is 1.64 bits per heavy atom. The molecule has 0 heterocycles. The minimum Gasteiger partial charge on any atom is -0.372 e. The van der Waals surface area contributed by atoms with Gasteiger partial charge in [-0.2, -0.15) is 5.10 Å². The first-order chi connectivity index (χ1) is 12.1. The zero-order chi connectivity index (χ0) is 17.7. The molecule has 1 saturated carbocycles. The molecule has 1 fully saturated rings. The van der Waals surface area contributed by atoms with Crippen molar-refractivity contribution in [1.29, 1.82) is 0 Å². The number of nitrogens with one attached hydrogen (secondary N) is 1. The maximum Gasteiger partial charge on any atom is 0.281 e. The molecule has 1 amide bonds. The van der Waals surface area contributed by atoms with E-state index < -0.39 is 11.5 Å². The molecule has 1 atom stereocenters. The Morgan fingerprint density at radius 3 is 2.16 bits per heavy atom. The largest absolute Gasteiger partial charge is 0.372 e. The molecule has 3 rings (SSSR count). The molecule has 4 heteroatoms. The lowest BCUT2D eigenvalue weighted by atomic mass is 9.85. The number of aliphatic hydroxyl groups is 1. The molecule has 1 aliphatic rings. The van der Waals surface area contributed by atoms with Crippen molar-refractivity contribution < 1.29 is 9.90 Å². The van der Waals surface area contributed by atoms with Crippen LogP contribution in [0.2, 0.25) is 0 Å². The van der Waals surface area contributed by atoms with Crippen molar-refractivity contribution in [2.75, 3.05) is 0 Å². The molecule has 2 N–H and O–H groups in total. The van der Waals surface area contributed by atoms with Gasteiger partial charge >= 0.3 is 0 Å². The Hall–Kier alpha value is -2.46. The van der Waals surface area contributed by atoms with Gasteiger partial charge in [-0.25, -0.2) is 5.43 Å². The number of hydrazone groups is 1. The smallest absolute Gasteiger partial charge is 0.281 e. The topological polar surface area (TPSA) is 61.7 Å². The van der Waals surface area contributed by atoms with Gasteiger partial charge in [-0.3, -0.25) is 4.79 Å². The SMILES string of the molecule is CC1CCCC(=NNC(=O)C(O)(c2ccccc2)c2ccccc2)C1. The minimum absolute atomic E-state index is 0.524. The molecular weight excluding hydrogens is 312 g/mol. The first-order valence-electron chi connectivity index (χ1n) is 8.80. The molecule has 0 aromatic heterocycles. The molecule has 1 unspecified atom stereocenters. The fraction of sp³-hybridized carbons (Fsp3) is 0.333. The zero-order valence-electron chi connectivity index (χ0n) is 14.5. The summed E-state index contributed by atoms with van der Waals surface area (Å²) in [4.78, 5) is 12.9. The highest BCUT2D eigenvalue weighted by Crippen LogP contribution is 2.30. The van der Waals surface area contributed by atoms with E-state index in [1.54, 1.807) is 24.3 Å². The van der Waals surface area contributed by atoms with E-state index in [9.17, 15) is 9.90 Å². The van der Waals surface area contributed by atoms with Crippen LogP contribution in [0.5, 0.6) is 0 Å². The van der Waals surface area contributed by atoms with Gasteiger partial charge in [0.15, 0.2) is 5.60 Å². The van der Waals surface area contributed by atoms with Crippen molar-refractivity contribution in [2.45, 2.75) is 38.2 Å². The van der Waals surface area contributed by atoms with E-state index in [-0.39, 0.29) is 0 Å². The molecule has 4 nitrogen and oxygen atoms in total. The third-order valence-electron chi connectivity index (χ3n) is 4.77. The maximum absolute atomic E-state index is 12.9. The zero-order valence-corrected chi connectivity index (χ0v) is 14.5. The standard InChI is InChI=1S/C21H24N2O2/c1-16-9-8-14-19(15-16)22-23-20(24)21(25,17-10-4-2-5-11-17)18-12-6-3-7-13-18/h2-7,10-13,16,25H,8-9,14-15H2,1H3,(H,23,24). The van der Waals surface area contributed by atoms with E-state index in [1.165, 1.54) is 6.42 Å². The van der Waals surface area contributed by atoms with Crippen molar-refractivity contribution >= 4 is 11.6 Å². The van der Waals surface area contributed by atoms with Crippen LogP contribution in [0, 0.1) is 5.92 Å². The molecule has 0 radical (unpaired) electrons. The summed E-state index contributed by atoms with van der Waals surface area (Å²) in [7, 11) is 0. The molecule has 0 bridgehead atoms. The van der Waals surface area contributed by atoms with E-state index >= 15 is 0 Å². The van der Waals surface area contributed by atoms with Crippen molar-refractivity contribution in [3.8, 4) is 0 Å². The van der Waals surface area contributed by atoms with Gasteiger partial charge in [0.2, 0.25) is 0 Å². The second-order valence-corrected chi connectivity index (χ2v) is 6.76. The summed E-state index contributed by atoms with van der Waals surface area (Å²) in [5.41, 5.74) is 2.88. The van der Waals surface area contributed by atoms with E-state index in [4.69, 9.17) is 0 Å². The van der Waals surface area contributed by atoms with Crippen LogP contribution in [-0.4, -0.2) is 16.7 Å². The average molecular weight is 336 g/mol. The summed E-state index contributed by atoms with van der Waals surface area (Å²) in [5, 5.41) is 15.6. The predicted molar refractivity (Wildman–Crippen MR) is 99.1 cm³/mol. The van der Waals surface area contributed by atoms with Crippen LogP contribution in [0.25, 0.3) is 0 Å². The maximum atomic E-state index is 12.9. The van der Waals surface area contributed by atoms with E-state index in [2.05, 4.69) is 17.5 Å². The van der Waals surface area contributed by atoms with E-state index in [0.29, 0.717) is 17.0 Å². The number of carbonyl (C=O) groups excluding carboxylic acids is 1. The highest BCUT2D eigenvalue weighted by molar-refractivity contribution is 5.92. The number of benzene rings is 2. The number of carbonyl (C=O) groups is 1. The molecule has 2 aromatic carbocycles. The molecule has 25 heavy (non-hydrogen) atoms. The number of rotatable bonds is 4. The van der Waals surface area contributed by atoms with Crippen LogP contribution in [0.15, 0.2) is 65.8 Å². The Labute approximate surface area is 148 Å². The summed E-state index contributed by atoms with van der Waals surface area (Å²) in [6.07, 6.45) is 4.09. The van der Waals surface area contributed by atoms with Crippen LogP contribution in [0.4, 0.5) is 0 Å². The Bertz CT molecular complexity index is 702. The van der Waals surface area contributed by atoms with Crippen LogP contribution in [-0.2, 0) is 10.4 Å². The van der Waals surface area contributed by atoms with E-state index in [1.807, 2.05) is 36.4 Å². The van der Waals surface area contributed by atoms with Gasteiger partial charge in [-0.05, 0) is 42.7 Å². The summed E-state index contributed by atoms with van der Waals surface area (Å²) in [6, 6.07) is 18.0. The summed E-state index contributed by atoms with van der Waals surface area (Å²) in [5.74, 6) is 0.0576. The van der Waals surface area contributed by atoms with Gasteiger partial charge in [-0.1, -0.05) is 67.6 Å². The normalized spacial score (nSPS) is 19.6. The Kier molecular flexibility index (Phi) is 5.29. The van der Waals surface area contributed by atoms with Crippen LogP contribution >= 0.6 is 0 Å². The first kappa shape index (κ1) is 17.4. The summed E-state index contributed by atoms with van der Waals surface area (Å²) >= 11 is 0. The molecule has 2 aromatic rings. The van der Waals surface area contributed by atoms with Crippen molar-refractivity contribution in [3.63, 3.8) is 0 Å². The molecule has 130 valence electrons. The monoisotopic (exact) mass is 336 g/mol. The Morgan fingerprint density at radius 1 is 1.08 bits per heavy atom. The molecular formula is C21H24N2O2. The second kappa shape index (κ2) is 7.62. The van der Waals surface area contributed by atoms with E-state index in [0.717, 1.165) is 25.0 Å². The second-order valence-electron chi connectivity index (χ2n) is 6.76. The average Bonchev–Trinajstić information content (AvgIpc) is 2.67. The molecule has 0 spiro atoms. The Balaban J connectivity index is 1.90. The van der Waals surface area contributed by atoms with Gasteiger partial charge in [0.1, 0.15) is 0 Å². The van der Waals surface area contributed by atoms with Crippen molar-refractivity contribution in [2.24, 2.45) is 11.0 Å². The number of hydrogen-bond acceptors (Lipinski definition) is 3. The fourth-order valence-corrected chi connectivity index (χ4v) is 3.36. The highest BCUT2D eigenvalue weighted by Gasteiger charge is 2.40. The minimum atomic E-state index is -1.77. The van der Waals surface area contributed by atoms with Gasteiger partial charge < -0.3 is 5.11 Å². The van der Waals surface area contributed by atoms with Gasteiger partial charge in [-0.15, -0.1) is 0 Å². The predicted octanol–water partition coefficient (Wildman–Crippen LogP) is 3.60. The first-order valence-corrected chi connectivity index (χ1v) is 8.80. The van der Waals surface area contributed by atoms with Crippen molar-refractivity contribution in [1.82, 2.24) is 5.43 Å². The van der Waals surface area contributed by atoms with Gasteiger partial charge in [0.25, 0.3) is 5.91 Å². The number of hydrogen-bond donors (Lipinski definition) is 2. The lowest BCUT2D eigenvalue weighted by Gasteiger charge is -2.27. The number of amides is 1. The fourth-order valence-electron chi connectivity index (χ4n) is 3.36. The molecule has 1 aliphatic carbocycles. The quantitative estimate of drug-likeness (QED) is 0.838. The molecule has 0 saturated heterocycles. The lowest BCUT2D eigenvalue weighted by molar-refractivity contribution is -0.136. The lowest BCUT2D eigenvalue weighted by Crippen LogP contribution is -2.44. The van der Waals surface area contributed by atoms with Crippen LogP contribution < -0.4 is 5.43 Å². The summed E-state index contributed by atoms with van der Waals surface area (Å²) in [6.45, 7) is 2.20. The van der Waals surface area contributed by atoms with Gasteiger partial charge in [0.05, 0.1) is 0 Å².